The molecule has 3 rings (SSSR count). The number of phenolic OH excluding ortho intramolecular Hbond substituents is 1. The highest BCUT2D eigenvalue weighted by atomic mass is 16.3. The van der Waals surface area contributed by atoms with E-state index in [1.807, 2.05) is 15.9 Å². The van der Waals surface area contributed by atoms with Gasteiger partial charge in [0.05, 0.1) is 6.42 Å². The molecule has 2 saturated heterocycles. The Morgan fingerprint density at radius 1 is 1.23 bits per heavy atom. The van der Waals surface area contributed by atoms with E-state index in [1.165, 1.54) is 0 Å². The summed E-state index contributed by atoms with van der Waals surface area (Å²) >= 11 is 0. The van der Waals surface area contributed by atoms with Crippen molar-refractivity contribution in [2.24, 2.45) is 0 Å². The maximum Gasteiger partial charge on any atom is 0.227 e. The molecule has 1 aromatic rings. The molecule has 0 saturated carbocycles. The van der Waals surface area contributed by atoms with Crippen LogP contribution in [0.4, 0.5) is 0 Å². The highest BCUT2D eigenvalue weighted by Gasteiger charge is 2.32. The summed E-state index contributed by atoms with van der Waals surface area (Å²) < 4.78 is 0. The molecule has 5 heteroatoms. The molecule has 118 valence electrons. The van der Waals surface area contributed by atoms with Crippen LogP contribution in [0.25, 0.3) is 0 Å². The number of likely N-dealkylation sites (tertiary alicyclic amines) is 2. The molecule has 0 bridgehead atoms. The summed E-state index contributed by atoms with van der Waals surface area (Å²) in [4.78, 5) is 28.1. The maximum absolute atomic E-state index is 12.5. The molecule has 2 aliphatic heterocycles. The maximum atomic E-state index is 12.5. The van der Waals surface area contributed by atoms with E-state index in [1.54, 1.807) is 18.2 Å². The van der Waals surface area contributed by atoms with Crippen molar-refractivity contribution in [2.75, 3.05) is 19.6 Å². The fourth-order valence-corrected chi connectivity index (χ4v) is 3.43. The first kappa shape index (κ1) is 14.9. The highest BCUT2D eigenvalue weighted by Crippen LogP contribution is 2.23. The van der Waals surface area contributed by atoms with Crippen LogP contribution in [0, 0.1) is 0 Å². The van der Waals surface area contributed by atoms with Crippen LogP contribution in [-0.4, -0.2) is 52.4 Å². The molecule has 1 unspecified atom stereocenters. The Hall–Kier alpha value is -2.04. The van der Waals surface area contributed by atoms with E-state index in [2.05, 4.69) is 0 Å². The summed E-state index contributed by atoms with van der Waals surface area (Å²) in [5.74, 6) is 0.414. The quantitative estimate of drug-likeness (QED) is 0.921. The van der Waals surface area contributed by atoms with Crippen LogP contribution >= 0.6 is 0 Å². The molecule has 2 amide bonds. The lowest BCUT2D eigenvalue weighted by Crippen LogP contribution is -2.50. The Morgan fingerprint density at radius 2 is 2.05 bits per heavy atom. The number of piperidine rings is 1. The van der Waals surface area contributed by atoms with Gasteiger partial charge in [-0.25, -0.2) is 0 Å². The zero-order valence-corrected chi connectivity index (χ0v) is 12.7. The van der Waals surface area contributed by atoms with E-state index < -0.39 is 0 Å². The molecule has 0 aromatic heterocycles. The van der Waals surface area contributed by atoms with E-state index in [-0.39, 0.29) is 30.0 Å². The Balaban J connectivity index is 1.63. The van der Waals surface area contributed by atoms with Crippen LogP contribution in [0.3, 0.4) is 0 Å². The van der Waals surface area contributed by atoms with Crippen molar-refractivity contribution in [2.45, 2.75) is 38.1 Å². The summed E-state index contributed by atoms with van der Waals surface area (Å²) in [7, 11) is 0. The Bertz CT molecular complexity index is 573. The second-order valence-corrected chi connectivity index (χ2v) is 6.13. The van der Waals surface area contributed by atoms with E-state index in [0.717, 1.165) is 32.4 Å². The number of aromatic hydroxyl groups is 1. The summed E-state index contributed by atoms with van der Waals surface area (Å²) in [5.41, 5.74) is 0.659. The van der Waals surface area contributed by atoms with Crippen LogP contribution in [0.15, 0.2) is 24.3 Å². The van der Waals surface area contributed by atoms with Gasteiger partial charge in [-0.05, 0) is 25.3 Å². The number of phenols is 1. The van der Waals surface area contributed by atoms with Crippen LogP contribution in [0.1, 0.15) is 31.2 Å². The minimum absolute atomic E-state index is 0.0258. The molecule has 5 nitrogen and oxygen atoms in total. The molecule has 1 N–H and O–H groups in total. The van der Waals surface area contributed by atoms with Gasteiger partial charge in [-0.3, -0.25) is 9.59 Å². The Labute approximate surface area is 130 Å². The van der Waals surface area contributed by atoms with Gasteiger partial charge in [0.1, 0.15) is 5.75 Å². The Kier molecular flexibility index (Phi) is 4.32. The number of para-hydroxylation sites is 1. The molecule has 0 aliphatic carbocycles. The molecule has 2 heterocycles. The average Bonchev–Trinajstić information content (AvgIpc) is 2.96. The molecule has 2 aliphatic rings. The van der Waals surface area contributed by atoms with Gasteiger partial charge in [0.25, 0.3) is 0 Å². The summed E-state index contributed by atoms with van der Waals surface area (Å²) in [6.45, 7) is 2.19. The molecular weight excluding hydrogens is 280 g/mol. The fraction of sp³-hybridized carbons (Fsp3) is 0.529. The molecular formula is C17H22N2O3. The number of amides is 2. The lowest BCUT2D eigenvalue weighted by Gasteiger charge is -2.37. The van der Waals surface area contributed by atoms with E-state index in [9.17, 15) is 14.7 Å². The van der Waals surface area contributed by atoms with Gasteiger partial charge in [0, 0.05) is 37.7 Å². The largest absolute Gasteiger partial charge is 0.508 e. The third-order valence-electron chi connectivity index (χ3n) is 4.63. The summed E-state index contributed by atoms with van der Waals surface area (Å²) in [5, 5.41) is 9.79. The first-order valence-electron chi connectivity index (χ1n) is 7.99. The normalized spacial score (nSPS) is 22.2. The van der Waals surface area contributed by atoms with Gasteiger partial charge >= 0.3 is 0 Å². The topological polar surface area (TPSA) is 60.9 Å². The number of carbonyl (C=O) groups excluding carboxylic acids is 2. The smallest absolute Gasteiger partial charge is 0.227 e. The third-order valence-corrected chi connectivity index (χ3v) is 4.63. The van der Waals surface area contributed by atoms with Gasteiger partial charge in [-0.1, -0.05) is 18.2 Å². The third kappa shape index (κ3) is 3.08. The zero-order chi connectivity index (χ0) is 15.5. The molecule has 1 atom stereocenters. The lowest BCUT2D eigenvalue weighted by molar-refractivity contribution is -0.137. The van der Waals surface area contributed by atoms with Crippen molar-refractivity contribution in [3.8, 4) is 5.75 Å². The minimum atomic E-state index is 0.0258. The van der Waals surface area contributed by atoms with E-state index in [0.29, 0.717) is 18.5 Å². The molecule has 0 radical (unpaired) electrons. The zero-order valence-electron chi connectivity index (χ0n) is 12.7. The van der Waals surface area contributed by atoms with Gasteiger partial charge in [0.15, 0.2) is 0 Å². The molecule has 1 aromatic carbocycles. The standard InChI is InChI=1S/C17H22N2O3/c20-15-7-2-1-5-13(15)11-17(22)18-9-3-6-14(12-18)19-10-4-8-16(19)21/h1-2,5,7,14,20H,3-4,6,8-12H2. The second kappa shape index (κ2) is 6.38. The minimum Gasteiger partial charge on any atom is -0.508 e. The number of rotatable bonds is 3. The van der Waals surface area contributed by atoms with Crippen LogP contribution in [-0.2, 0) is 16.0 Å². The van der Waals surface area contributed by atoms with Crippen LogP contribution < -0.4 is 0 Å². The highest BCUT2D eigenvalue weighted by molar-refractivity contribution is 5.80. The summed E-state index contributed by atoms with van der Waals surface area (Å²) in [6, 6.07) is 7.11. The van der Waals surface area contributed by atoms with Crippen molar-refractivity contribution in [3.05, 3.63) is 29.8 Å². The van der Waals surface area contributed by atoms with Gasteiger partial charge in [-0.15, -0.1) is 0 Å². The second-order valence-electron chi connectivity index (χ2n) is 6.13. The first-order valence-corrected chi connectivity index (χ1v) is 7.99. The summed E-state index contributed by atoms with van der Waals surface area (Å²) in [6.07, 6.45) is 3.70. The number of benzene rings is 1. The van der Waals surface area contributed by atoms with Crippen molar-refractivity contribution in [1.82, 2.24) is 9.80 Å². The lowest BCUT2D eigenvalue weighted by atomic mass is 10.0. The van der Waals surface area contributed by atoms with Crippen molar-refractivity contribution in [1.29, 1.82) is 0 Å². The number of hydrogen-bond acceptors (Lipinski definition) is 3. The molecule has 2 fully saturated rings. The van der Waals surface area contributed by atoms with Crippen molar-refractivity contribution < 1.29 is 14.7 Å². The molecule has 22 heavy (non-hydrogen) atoms. The monoisotopic (exact) mass is 302 g/mol. The van der Waals surface area contributed by atoms with Crippen molar-refractivity contribution >= 4 is 11.8 Å². The van der Waals surface area contributed by atoms with Gasteiger partial charge in [0.2, 0.25) is 11.8 Å². The first-order chi connectivity index (χ1) is 10.6. The van der Waals surface area contributed by atoms with Gasteiger partial charge in [-0.2, -0.15) is 0 Å². The average molecular weight is 302 g/mol. The van der Waals surface area contributed by atoms with Crippen LogP contribution in [0.2, 0.25) is 0 Å². The predicted octanol–water partition coefficient (Wildman–Crippen LogP) is 1.55. The number of hydrogen-bond donors (Lipinski definition) is 1. The van der Waals surface area contributed by atoms with E-state index in [4.69, 9.17) is 0 Å². The molecule has 0 spiro atoms. The van der Waals surface area contributed by atoms with Crippen molar-refractivity contribution in [3.63, 3.8) is 0 Å². The fourth-order valence-electron chi connectivity index (χ4n) is 3.43. The predicted molar refractivity (Wildman–Crippen MR) is 82.4 cm³/mol. The Morgan fingerprint density at radius 3 is 2.77 bits per heavy atom. The van der Waals surface area contributed by atoms with Gasteiger partial charge < -0.3 is 14.9 Å². The van der Waals surface area contributed by atoms with E-state index >= 15 is 0 Å². The number of carbonyl (C=O) groups is 2. The number of nitrogens with zero attached hydrogens (tertiary/aromatic N) is 2. The van der Waals surface area contributed by atoms with Crippen LogP contribution in [0.5, 0.6) is 5.75 Å². The SMILES string of the molecule is O=C(Cc1ccccc1O)N1CCCC(N2CCCC2=O)C1.